The normalized spacial score (nSPS) is 13.3. The fraction of sp³-hybridized carbons (Fsp3) is 0.455. The summed E-state index contributed by atoms with van der Waals surface area (Å²) in [7, 11) is -2.38. The van der Waals surface area contributed by atoms with Gasteiger partial charge in [0.15, 0.2) is 0 Å². The minimum atomic E-state index is -3.79. The third kappa shape index (κ3) is 4.16. The van der Waals surface area contributed by atoms with Gasteiger partial charge in [-0.2, -0.15) is 11.8 Å². The molecule has 1 atom stereocenters. The summed E-state index contributed by atoms with van der Waals surface area (Å²) in [5.41, 5.74) is 6.75. The lowest BCUT2D eigenvalue weighted by Crippen LogP contribution is -2.25. The Labute approximate surface area is 112 Å². The second-order valence-electron chi connectivity index (χ2n) is 3.95. The predicted molar refractivity (Wildman–Crippen MR) is 74.4 cm³/mol. The van der Waals surface area contributed by atoms with Crippen LogP contribution in [0.4, 0.5) is 0 Å². The van der Waals surface area contributed by atoms with E-state index in [2.05, 4.69) is 0 Å². The van der Waals surface area contributed by atoms with Gasteiger partial charge in [0.1, 0.15) is 10.6 Å². The molecule has 0 unspecified atom stereocenters. The number of ether oxygens (including phenoxy) is 1. The average Bonchev–Trinajstić information content (AvgIpc) is 2.28. The van der Waals surface area contributed by atoms with E-state index >= 15 is 0 Å². The molecule has 0 aliphatic carbocycles. The maximum atomic E-state index is 11.4. The summed E-state index contributed by atoms with van der Waals surface area (Å²) >= 11 is 1.65. The van der Waals surface area contributed by atoms with Gasteiger partial charge >= 0.3 is 0 Å². The monoisotopic (exact) mass is 290 g/mol. The van der Waals surface area contributed by atoms with E-state index in [4.69, 9.17) is 15.6 Å². The molecule has 0 aliphatic rings. The molecule has 7 heteroatoms. The summed E-state index contributed by atoms with van der Waals surface area (Å²) < 4.78 is 27.9. The summed E-state index contributed by atoms with van der Waals surface area (Å²) in [6.45, 7) is 0. The molecule has 0 spiro atoms. The summed E-state index contributed by atoms with van der Waals surface area (Å²) in [5, 5.41) is 5.15. The SMILES string of the molecule is COc1ccc(C[C@H](N)CSC)cc1S(N)(=O)=O. The zero-order chi connectivity index (χ0) is 13.8. The maximum Gasteiger partial charge on any atom is 0.241 e. The van der Waals surface area contributed by atoms with Gasteiger partial charge in [0.05, 0.1) is 7.11 Å². The molecule has 5 nitrogen and oxygen atoms in total. The molecule has 1 rings (SSSR count). The highest BCUT2D eigenvalue weighted by atomic mass is 32.2. The average molecular weight is 290 g/mol. The molecule has 1 aromatic carbocycles. The first kappa shape index (κ1) is 15.3. The number of hydrogen-bond acceptors (Lipinski definition) is 5. The van der Waals surface area contributed by atoms with Gasteiger partial charge in [0.25, 0.3) is 0 Å². The van der Waals surface area contributed by atoms with Crippen LogP contribution in [0.25, 0.3) is 0 Å². The minimum absolute atomic E-state index is 0.00106. The highest BCUT2D eigenvalue weighted by Crippen LogP contribution is 2.24. The van der Waals surface area contributed by atoms with Crippen molar-refractivity contribution in [3.63, 3.8) is 0 Å². The molecule has 18 heavy (non-hydrogen) atoms. The van der Waals surface area contributed by atoms with Crippen LogP contribution in [0.5, 0.6) is 5.75 Å². The minimum Gasteiger partial charge on any atom is -0.495 e. The number of benzene rings is 1. The van der Waals surface area contributed by atoms with E-state index in [1.165, 1.54) is 13.2 Å². The van der Waals surface area contributed by atoms with Crippen LogP contribution in [-0.4, -0.2) is 33.6 Å². The molecular weight excluding hydrogens is 272 g/mol. The van der Waals surface area contributed by atoms with Crippen molar-refractivity contribution in [2.24, 2.45) is 10.9 Å². The van der Waals surface area contributed by atoms with Gasteiger partial charge in [-0.3, -0.25) is 0 Å². The summed E-state index contributed by atoms with van der Waals surface area (Å²) in [6, 6.07) is 4.91. The molecule has 0 radical (unpaired) electrons. The van der Waals surface area contributed by atoms with Gasteiger partial charge in [-0.25, -0.2) is 13.6 Å². The molecule has 0 heterocycles. The molecule has 0 fully saturated rings. The van der Waals surface area contributed by atoms with Crippen LogP contribution in [0.2, 0.25) is 0 Å². The topological polar surface area (TPSA) is 95.4 Å². The predicted octanol–water partition coefficient (Wildman–Crippen LogP) is 0.575. The standard InChI is InChI=1S/C11H18N2O3S2/c1-16-10-4-3-8(5-9(12)7-17-2)6-11(10)18(13,14)15/h3-4,6,9H,5,7,12H2,1-2H3,(H2,13,14,15)/t9-/m0/s1. The van der Waals surface area contributed by atoms with Crippen LogP contribution in [0, 0.1) is 0 Å². The Morgan fingerprint density at radius 1 is 1.44 bits per heavy atom. The van der Waals surface area contributed by atoms with E-state index in [1.54, 1.807) is 23.9 Å². The zero-order valence-electron chi connectivity index (χ0n) is 10.4. The molecule has 0 saturated carbocycles. The summed E-state index contributed by atoms with van der Waals surface area (Å²) in [4.78, 5) is -0.00106. The zero-order valence-corrected chi connectivity index (χ0v) is 12.1. The van der Waals surface area contributed by atoms with Gasteiger partial charge in [-0.05, 0) is 30.4 Å². The number of thioether (sulfide) groups is 1. The highest BCUT2D eigenvalue weighted by molar-refractivity contribution is 7.98. The number of nitrogens with two attached hydrogens (primary N) is 2. The summed E-state index contributed by atoms with van der Waals surface area (Å²) in [6.07, 6.45) is 2.58. The third-order valence-electron chi connectivity index (χ3n) is 2.41. The molecule has 0 amide bonds. The number of primary sulfonamides is 1. The number of rotatable bonds is 6. The van der Waals surface area contributed by atoms with Crippen LogP contribution >= 0.6 is 11.8 Å². The second kappa shape index (κ2) is 6.42. The van der Waals surface area contributed by atoms with Gasteiger partial charge < -0.3 is 10.5 Å². The molecule has 1 aromatic rings. The van der Waals surface area contributed by atoms with Gasteiger partial charge in [-0.1, -0.05) is 6.07 Å². The Morgan fingerprint density at radius 3 is 2.61 bits per heavy atom. The molecule has 0 saturated heterocycles. The third-order valence-corrected chi connectivity index (χ3v) is 4.11. The fourth-order valence-electron chi connectivity index (χ4n) is 1.65. The van der Waals surface area contributed by atoms with Crippen molar-refractivity contribution < 1.29 is 13.2 Å². The van der Waals surface area contributed by atoms with Crippen LogP contribution in [0.1, 0.15) is 5.56 Å². The van der Waals surface area contributed by atoms with Crippen LogP contribution in [0.3, 0.4) is 0 Å². The van der Waals surface area contributed by atoms with E-state index < -0.39 is 10.0 Å². The number of sulfonamides is 1. The molecule has 0 aromatic heterocycles. The molecule has 0 bridgehead atoms. The Bertz CT molecular complexity index is 503. The van der Waals surface area contributed by atoms with Crippen molar-refractivity contribution in [3.8, 4) is 5.75 Å². The lowest BCUT2D eigenvalue weighted by molar-refractivity contribution is 0.402. The first-order valence-electron chi connectivity index (χ1n) is 5.32. The van der Waals surface area contributed by atoms with Crippen LogP contribution < -0.4 is 15.6 Å². The van der Waals surface area contributed by atoms with Crippen molar-refractivity contribution in [3.05, 3.63) is 23.8 Å². The van der Waals surface area contributed by atoms with Crippen molar-refractivity contribution >= 4 is 21.8 Å². The Morgan fingerprint density at radius 2 is 2.11 bits per heavy atom. The van der Waals surface area contributed by atoms with Crippen LogP contribution in [-0.2, 0) is 16.4 Å². The molecule has 102 valence electrons. The molecule has 4 N–H and O–H groups in total. The lowest BCUT2D eigenvalue weighted by atomic mass is 10.1. The van der Waals surface area contributed by atoms with Gasteiger partial charge in [0, 0.05) is 11.8 Å². The van der Waals surface area contributed by atoms with Gasteiger partial charge in [0.2, 0.25) is 10.0 Å². The largest absolute Gasteiger partial charge is 0.495 e. The van der Waals surface area contributed by atoms with E-state index in [0.29, 0.717) is 6.42 Å². The van der Waals surface area contributed by atoms with Crippen molar-refractivity contribution in [1.82, 2.24) is 0 Å². The Balaban J connectivity index is 3.04. The summed E-state index contributed by atoms with van der Waals surface area (Å²) in [5.74, 6) is 1.07. The van der Waals surface area contributed by atoms with E-state index in [1.807, 2.05) is 6.26 Å². The van der Waals surface area contributed by atoms with Crippen molar-refractivity contribution in [2.45, 2.75) is 17.4 Å². The first-order chi connectivity index (χ1) is 8.38. The fourth-order valence-corrected chi connectivity index (χ4v) is 2.94. The lowest BCUT2D eigenvalue weighted by Gasteiger charge is -2.12. The molecule has 0 aliphatic heterocycles. The van der Waals surface area contributed by atoms with Gasteiger partial charge in [-0.15, -0.1) is 0 Å². The Hall–Kier alpha value is -0.760. The quantitative estimate of drug-likeness (QED) is 0.799. The van der Waals surface area contributed by atoms with E-state index in [9.17, 15) is 8.42 Å². The van der Waals surface area contributed by atoms with Crippen LogP contribution in [0.15, 0.2) is 23.1 Å². The van der Waals surface area contributed by atoms with Crippen molar-refractivity contribution in [1.29, 1.82) is 0 Å². The second-order valence-corrected chi connectivity index (χ2v) is 6.39. The maximum absolute atomic E-state index is 11.4. The first-order valence-corrected chi connectivity index (χ1v) is 8.26. The number of methoxy groups -OCH3 is 1. The van der Waals surface area contributed by atoms with Crippen molar-refractivity contribution in [2.75, 3.05) is 19.1 Å². The number of hydrogen-bond donors (Lipinski definition) is 2. The Kier molecular flexibility index (Phi) is 5.46. The highest BCUT2D eigenvalue weighted by Gasteiger charge is 2.16. The molecular formula is C11H18N2O3S2. The van der Waals surface area contributed by atoms with E-state index in [0.717, 1.165) is 11.3 Å². The smallest absolute Gasteiger partial charge is 0.241 e. The van der Waals surface area contributed by atoms with E-state index in [-0.39, 0.29) is 16.7 Å².